The minimum atomic E-state index is -0.488. The average Bonchev–Trinajstić information content (AvgIpc) is 2.71. The Morgan fingerprint density at radius 2 is 1.89 bits per heavy atom. The highest BCUT2D eigenvalue weighted by Crippen LogP contribution is 2.16. The van der Waals surface area contributed by atoms with E-state index in [-0.39, 0.29) is 5.91 Å². The molecule has 5 heteroatoms. The van der Waals surface area contributed by atoms with E-state index < -0.39 is 6.10 Å². The van der Waals surface area contributed by atoms with Gasteiger partial charge in [0.2, 0.25) is 0 Å². The Balaban J connectivity index is 1.53. The molecule has 1 atom stereocenters. The van der Waals surface area contributed by atoms with E-state index in [0.717, 1.165) is 49.7 Å². The zero-order chi connectivity index (χ0) is 19.8. The number of aryl methyl sites for hydroxylation is 1. The average molecular weight is 383 g/mol. The summed E-state index contributed by atoms with van der Waals surface area (Å²) in [7, 11) is 0. The van der Waals surface area contributed by atoms with Crippen molar-refractivity contribution in [2.75, 3.05) is 26.3 Å². The van der Waals surface area contributed by atoms with Gasteiger partial charge >= 0.3 is 0 Å². The molecule has 1 aliphatic rings. The summed E-state index contributed by atoms with van der Waals surface area (Å²) in [6, 6.07) is 16.2. The molecule has 0 bridgehead atoms. The van der Waals surface area contributed by atoms with E-state index in [4.69, 9.17) is 9.47 Å². The van der Waals surface area contributed by atoms with Gasteiger partial charge in [-0.2, -0.15) is 0 Å². The molecule has 0 aromatic heterocycles. The third-order valence-electron chi connectivity index (χ3n) is 4.90. The van der Waals surface area contributed by atoms with Crippen LogP contribution >= 0.6 is 0 Å². The van der Waals surface area contributed by atoms with Gasteiger partial charge < -0.3 is 14.8 Å². The summed E-state index contributed by atoms with van der Waals surface area (Å²) >= 11 is 0. The second kappa shape index (κ2) is 10.2. The van der Waals surface area contributed by atoms with Crippen LogP contribution in [0.2, 0.25) is 0 Å². The van der Waals surface area contributed by atoms with Gasteiger partial charge in [0, 0.05) is 26.2 Å². The van der Waals surface area contributed by atoms with Gasteiger partial charge in [0.25, 0.3) is 5.91 Å². The first kappa shape index (κ1) is 20.4. The number of carbonyl (C=O) groups is 1. The van der Waals surface area contributed by atoms with E-state index in [1.54, 1.807) is 0 Å². The van der Waals surface area contributed by atoms with E-state index in [2.05, 4.69) is 28.4 Å². The van der Waals surface area contributed by atoms with Crippen LogP contribution in [0.1, 0.15) is 30.0 Å². The molecule has 150 valence electrons. The number of morpholine rings is 1. The lowest BCUT2D eigenvalue weighted by molar-refractivity contribution is -0.128. The number of rotatable bonds is 8. The molecule has 1 amide bonds. The lowest BCUT2D eigenvalue weighted by atomic mass is 10.1. The van der Waals surface area contributed by atoms with E-state index >= 15 is 0 Å². The monoisotopic (exact) mass is 382 g/mol. The molecule has 2 aromatic carbocycles. The minimum Gasteiger partial charge on any atom is -0.481 e. The third kappa shape index (κ3) is 6.08. The van der Waals surface area contributed by atoms with Crippen molar-refractivity contribution in [3.63, 3.8) is 0 Å². The number of ether oxygens (including phenoxy) is 2. The molecule has 1 aliphatic heterocycles. The van der Waals surface area contributed by atoms with E-state index in [0.29, 0.717) is 13.0 Å². The van der Waals surface area contributed by atoms with Gasteiger partial charge in [0.05, 0.1) is 13.2 Å². The molecular weight excluding hydrogens is 352 g/mol. The minimum absolute atomic E-state index is 0.0809. The first-order chi connectivity index (χ1) is 13.6. The number of nitrogens with one attached hydrogen (secondary N) is 1. The fourth-order valence-corrected chi connectivity index (χ4v) is 3.33. The van der Waals surface area contributed by atoms with E-state index in [9.17, 15) is 4.79 Å². The molecule has 5 nitrogen and oxygen atoms in total. The van der Waals surface area contributed by atoms with Crippen LogP contribution in [0.4, 0.5) is 0 Å². The highest BCUT2D eigenvalue weighted by molar-refractivity contribution is 5.81. The topological polar surface area (TPSA) is 50.8 Å². The van der Waals surface area contributed by atoms with Crippen molar-refractivity contribution in [1.82, 2.24) is 10.2 Å². The van der Waals surface area contributed by atoms with Crippen LogP contribution in [0, 0.1) is 6.92 Å². The summed E-state index contributed by atoms with van der Waals surface area (Å²) in [6.07, 6.45) is 0.134. The van der Waals surface area contributed by atoms with Crippen molar-refractivity contribution in [2.45, 2.75) is 39.5 Å². The molecule has 0 saturated carbocycles. The summed E-state index contributed by atoms with van der Waals surface area (Å²) in [5.41, 5.74) is 3.48. The molecule has 2 aromatic rings. The van der Waals surface area contributed by atoms with Crippen LogP contribution in [0.25, 0.3) is 0 Å². The van der Waals surface area contributed by atoms with Crippen LogP contribution in [0.5, 0.6) is 5.75 Å². The molecule has 28 heavy (non-hydrogen) atoms. The lowest BCUT2D eigenvalue weighted by Crippen LogP contribution is -2.37. The predicted octanol–water partition coefficient (Wildman–Crippen LogP) is 3.30. The molecule has 0 spiro atoms. The van der Waals surface area contributed by atoms with Crippen molar-refractivity contribution in [1.29, 1.82) is 0 Å². The first-order valence-corrected chi connectivity index (χ1v) is 10.0. The highest BCUT2D eigenvalue weighted by atomic mass is 16.5. The van der Waals surface area contributed by atoms with Crippen molar-refractivity contribution < 1.29 is 14.3 Å². The standard InChI is InChI=1S/C23H30N2O3/c1-3-22(28-21-9-4-6-18(2)14-21)23(26)24-16-19-7-5-8-20(15-19)17-25-10-12-27-13-11-25/h4-9,14-15,22H,3,10-13,16-17H2,1-2H3,(H,24,26). The van der Waals surface area contributed by atoms with Crippen molar-refractivity contribution in [3.05, 3.63) is 65.2 Å². The second-order valence-corrected chi connectivity index (χ2v) is 7.26. The smallest absolute Gasteiger partial charge is 0.261 e. The van der Waals surface area contributed by atoms with Crippen molar-refractivity contribution >= 4 is 5.91 Å². The molecule has 1 heterocycles. The summed E-state index contributed by atoms with van der Waals surface area (Å²) in [6.45, 7) is 8.93. The van der Waals surface area contributed by atoms with Crippen LogP contribution in [0.15, 0.2) is 48.5 Å². The lowest BCUT2D eigenvalue weighted by Gasteiger charge is -2.26. The number of amides is 1. The third-order valence-corrected chi connectivity index (χ3v) is 4.90. The Hall–Kier alpha value is -2.37. The molecule has 1 fully saturated rings. The zero-order valence-electron chi connectivity index (χ0n) is 16.8. The fourth-order valence-electron chi connectivity index (χ4n) is 3.33. The Morgan fingerprint density at radius 1 is 1.14 bits per heavy atom. The van der Waals surface area contributed by atoms with Gasteiger partial charge in [-0.1, -0.05) is 43.3 Å². The number of benzene rings is 2. The summed E-state index contributed by atoms with van der Waals surface area (Å²) in [5.74, 6) is 0.650. The SMILES string of the molecule is CCC(Oc1cccc(C)c1)C(=O)NCc1cccc(CN2CCOCC2)c1. The number of carbonyl (C=O) groups excluding carboxylic acids is 1. The maximum absolute atomic E-state index is 12.6. The van der Waals surface area contributed by atoms with Gasteiger partial charge in [-0.25, -0.2) is 0 Å². The van der Waals surface area contributed by atoms with Crippen LogP contribution in [-0.4, -0.2) is 43.2 Å². The molecule has 3 rings (SSSR count). The Labute approximate surface area is 167 Å². The van der Waals surface area contributed by atoms with Crippen molar-refractivity contribution in [2.24, 2.45) is 0 Å². The Kier molecular flexibility index (Phi) is 7.46. The summed E-state index contributed by atoms with van der Waals surface area (Å²) < 4.78 is 11.3. The van der Waals surface area contributed by atoms with Gasteiger partial charge in [-0.05, 0) is 42.2 Å². The molecule has 1 unspecified atom stereocenters. The number of nitrogens with zero attached hydrogens (tertiary/aromatic N) is 1. The van der Waals surface area contributed by atoms with Crippen molar-refractivity contribution in [3.8, 4) is 5.75 Å². The quantitative estimate of drug-likeness (QED) is 0.761. The zero-order valence-corrected chi connectivity index (χ0v) is 16.8. The predicted molar refractivity (Wildman–Crippen MR) is 110 cm³/mol. The van der Waals surface area contributed by atoms with Gasteiger partial charge in [0.15, 0.2) is 6.10 Å². The van der Waals surface area contributed by atoms with Crippen LogP contribution < -0.4 is 10.1 Å². The van der Waals surface area contributed by atoms with Crippen LogP contribution in [-0.2, 0) is 22.6 Å². The fraction of sp³-hybridized carbons (Fsp3) is 0.435. The highest BCUT2D eigenvalue weighted by Gasteiger charge is 2.18. The van der Waals surface area contributed by atoms with Gasteiger partial charge in [0.1, 0.15) is 5.75 Å². The molecule has 1 N–H and O–H groups in total. The summed E-state index contributed by atoms with van der Waals surface area (Å²) in [5, 5.41) is 3.02. The molecule has 1 saturated heterocycles. The maximum Gasteiger partial charge on any atom is 0.261 e. The number of hydrogen-bond donors (Lipinski definition) is 1. The van der Waals surface area contributed by atoms with E-state index in [1.807, 2.05) is 44.2 Å². The normalized spacial score (nSPS) is 15.8. The molecule has 0 aliphatic carbocycles. The van der Waals surface area contributed by atoms with Gasteiger partial charge in [-0.15, -0.1) is 0 Å². The van der Waals surface area contributed by atoms with Crippen LogP contribution in [0.3, 0.4) is 0 Å². The second-order valence-electron chi connectivity index (χ2n) is 7.26. The number of hydrogen-bond acceptors (Lipinski definition) is 4. The Bertz CT molecular complexity index is 772. The Morgan fingerprint density at radius 3 is 2.64 bits per heavy atom. The largest absolute Gasteiger partial charge is 0.481 e. The van der Waals surface area contributed by atoms with Gasteiger partial charge in [-0.3, -0.25) is 9.69 Å². The first-order valence-electron chi connectivity index (χ1n) is 10.0. The molecule has 0 radical (unpaired) electrons. The maximum atomic E-state index is 12.6. The molecular formula is C23H30N2O3. The summed E-state index contributed by atoms with van der Waals surface area (Å²) in [4.78, 5) is 15.0. The van der Waals surface area contributed by atoms with E-state index in [1.165, 1.54) is 5.56 Å².